The molecule has 2 unspecified atom stereocenters. The van der Waals surface area contributed by atoms with Crippen molar-refractivity contribution >= 4 is 11.8 Å². The van der Waals surface area contributed by atoms with Gasteiger partial charge in [0.1, 0.15) is 6.04 Å². The van der Waals surface area contributed by atoms with Crippen molar-refractivity contribution < 1.29 is 9.59 Å². The molecule has 1 aromatic carbocycles. The number of nitrogens with one attached hydrogen (secondary N) is 1. The van der Waals surface area contributed by atoms with Crippen molar-refractivity contribution in [2.45, 2.75) is 62.3 Å². The molecule has 2 aromatic rings. The van der Waals surface area contributed by atoms with E-state index < -0.39 is 6.04 Å². The highest BCUT2D eigenvalue weighted by molar-refractivity contribution is 5.87. The molecule has 4 heterocycles. The lowest BCUT2D eigenvalue weighted by Crippen LogP contribution is -2.56. The van der Waals surface area contributed by atoms with Gasteiger partial charge in [-0.1, -0.05) is 12.1 Å². The van der Waals surface area contributed by atoms with E-state index in [9.17, 15) is 14.9 Å². The number of nitriles is 1. The molecule has 1 aliphatic carbocycles. The Balaban J connectivity index is 1.13. The lowest BCUT2D eigenvalue weighted by molar-refractivity contribution is -0.141. The predicted molar refractivity (Wildman–Crippen MR) is 120 cm³/mol. The molecule has 2 bridgehead atoms. The highest BCUT2D eigenvalue weighted by atomic mass is 16.2. The maximum absolute atomic E-state index is 13.4. The minimum atomic E-state index is -0.717. The Morgan fingerprint density at radius 1 is 1.32 bits per heavy atom. The number of rotatable bonds is 5. The van der Waals surface area contributed by atoms with Crippen molar-refractivity contribution in [1.29, 1.82) is 5.26 Å². The molecule has 0 radical (unpaired) electrons. The molecular formula is C23H27N9O2. The van der Waals surface area contributed by atoms with E-state index >= 15 is 0 Å². The van der Waals surface area contributed by atoms with Crippen LogP contribution in [0.5, 0.6) is 0 Å². The van der Waals surface area contributed by atoms with Crippen molar-refractivity contribution in [3.05, 3.63) is 29.3 Å². The molecule has 3 aliphatic heterocycles. The monoisotopic (exact) mass is 461 g/mol. The van der Waals surface area contributed by atoms with E-state index in [1.165, 1.54) is 11.1 Å². The zero-order valence-electron chi connectivity index (χ0n) is 18.8. The highest BCUT2D eigenvalue weighted by Gasteiger charge is 2.53. The van der Waals surface area contributed by atoms with Crippen LogP contribution in [0, 0.1) is 11.3 Å². The number of hydrogen-bond acceptors (Lipinski definition) is 8. The average Bonchev–Trinajstić information content (AvgIpc) is 3.66. The number of hydrogen-bond donors (Lipinski definition) is 2. The van der Waals surface area contributed by atoms with E-state index in [-0.39, 0.29) is 36.0 Å². The van der Waals surface area contributed by atoms with E-state index in [1.807, 2.05) is 6.07 Å². The van der Waals surface area contributed by atoms with Crippen molar-refractivity contribution in [2.75, 3.05) is 19.6 Å². The van der Waals surface area contributed by atoms with Crippen molar-refractivity contribution in [2.24, 2.45) is 5.73 Å². The molecule has 11 nitrogen and oxygen atoms in total. The Kier molecular flexibility index (Phi) is 5.08. The first-order valence-electron chi connectivity index (χ1n) is 11.9. The fraction of sp³-hybridized carbons (Fsp3) is 0.565. The number of carbonyl (C=O) groups excluding carboxylic acids is 2. The summed E-state index contributed by atoms with van der Waals surface area (Å²) in [5, 5.41) is 23.5. The largest absolute Gasteiger partial charge is 0.330 e. The quantitative estimate of drug-likeness (QED) is 0.631. The van der Waals surface area contributed by atoms with Crippen LogP contribution in [-0.2, 0) is 16.0 Å². The van der Waals surface area contributed by atoms with E-state index in [2.05, 4.69) is 48.6 Å². The summed E-state index contributed by atoms with van der Waals surface area (Å²) >= 11 is 0. The molecule has 5 atom stereocenters. The number of benzene rings is 1. The van der Waals surface area contributed by atoms with Gasteiger partial charge in [-0.15, -0.1) is 10.2 Å². The summed E-state index contributed by atoms with van der Waals surface area (Å²) in [6, 6.07) is 7.26. The van der Waals surface area contributed by atoms with Crippen LogP contribution in [0.4, 0.5) is 0 Å². The second-order valence-corrected chi connectivity index (χ2v) is 9.73. The summed E-state index contributed by atoms with van der Waals surface area (Å²) in [5.41, 5.74) is 9.61. The number of aromatic nitrogens is 4. The molecule has 3 N–H and O–H groups in total. The second kappa shape index (κ2) is 8.14. The minimum absolute atomic E-state index is 0.0789. The Hall–Kier alpha value is -3.36. The Labute approximate surface area is 196 Å². The minimum Gasteiger partial charge on any atom is -0.330 e. The molecular weight excluding hydrogens is 434 g/mol. The SMILES string of the molecule is N#CC1CCCN1C(=O)[C@@H](N)CN1CC2C[C@H]1C(=O)N2[C@H]1CCc2cc(-c3nn[nH]n3)ccc21. The third-order valence-corrected chi connectivity index (χ3v) is 7.88. The Morgan fingerprint density at radius 2 is 2.21 bits per heavy atom. The smallest absolute Gasteiger partial charge is 0.241 e. The summed E-state index contributed by atoms with van der Waals surface area (Å²) < 4.78 is 0. The van der Waals surface area contributed by atoms with Gasteiger partial charge >= 0.3 is 0 Å². The van der Waals surface area contributed by atoms with Gasteiger partial charge in [-0.2, -0.15) is 10.5 Å². The standard InChI is InChI=1S/C23H27N9O2/c24-10-15-2-1-7-31(15)22(33)18(25)12-30-11-16-9-20(30)23(34)32(16)19-6-4-13-8-14(3-5-17(13)19)21-26-28-29-27-21/h3,5,8,15-16,18-20H,1-2,4,6-7,9,11-12,25H2,(H,26,27,28,29)/t15?,16?,18-,19-,20-/m0/s1. The molecule has 1 aromatic heterocycles. The third kappa shape index (κ3) is 3.28. The number of nitrogens with two attached hydrogens (primary N) is 1. The number of nitrogens with zero attached hydrogens (tertiary/aromatic N) is 7. The number of H-pyrrole nitrogens is 1. The van der Waals surface area contributed by atoms with E-state index in [0.29, 0.717) is 25.3 Å². The van der Waals surface area contributed by atoms with Crippen LogP contribution in [0.1, 0.15) is 42.9 Å². The number of fused-ring (bicyclic) bond motifs is 3. The van der Waals surface area contributed by atoms with Crippen LogP contribution < -0.4 is 5.73 Å². The van der Waals surface area contributed by atoms with Gasteiger partial charge in [0.15, 0.2) is 0 Å². The van der Waals surface area contributed by atoms with Crippen LogP contribution in [0.15, 0.2) is 18.2 Å². The number of amides is 2. The summed E-state index contributed by atoms with van der Waals surface area (Å²) in [7, 11) is 0. The lowest BCUT2D eigenvalue weighted by Gasteiger charge is -2.38. The third-order valence-electron chi connectivity index (χ3n) is 7.88. The van der Waals surface area contributed by atoms with Crippen molar-refractivity contribution in [3.63, 3.8) is 0 Å². The zero-order valence-corrected chi connectivity index (χ0v) is 18.8. The van der Waals surface area contributed by atoms with Gasteiger partial charge in [0.25, 0.3) is 0 Å². The van der Waals surface area contributed by atoms with Crippen LogP contribution in [0.25, 0.3) is 11.4 Å². The topological polar surface area (TPSA) is 148 Å². The first-order chi connectivity index (χ1) is 16.5. The summed E-state index contributed by atoms with van der Waals surface area (Å²) in [6.45, 7) is 1.66. The van der Waals surface area contributed by atoms with Crippen LogP contribution in [0.2, 0.25) is 0 Å². The molecule has 0 saturated carbocycles. The second-order valence-electron chi connectivity index (χ2n) is 9.73. The van der Waals surface area contributed by atoms with Gasteiger partial charge in [0.05, 0.1) is 24.2 Å². The summed E-state index contributed by atoms with van der Waals surface area (Å²) in [4.78, 5) is 32.0. The number of aryl methyl sites for hydroxylation is 1. The molecule has 3 fully saturated rings. The maximum Gasteiger partial charge on any atom is 0.241 e. The molecule has 3 saturated heterocycles. The normalized spacial score (nSPS) is 29.0. The number of aromatic amines is 1. The van der Waals surface area contributed by atoms with Crippen LogP contribution in [-0.4, -0.2) is 90.9 Å². The Bertz CT molecular complexity index is 1160. The molecule has 4 aliphatic rings. The molecule has 2 amide bonds. The first-order valence-corrected chi connectivity index (χ1v) is 11.9. The summed E-state index contributed by atoms with van der Waals surface area (Å²) in [6.07, 6.45) is 4.12. The first kappa shape index (κ1) is 21.2. The Morgan fingerprint density at radius 3 is 2.97 bits per heavy atom. The zero-order chi connectivity index (χ0) is 23.4. The predicted octanol–water partition coefficient (Wildman–Crippen LogP) is -0.0190. The lowest BCUT2D eigenvalue weighted by atomic mass is 10.0. The number of likely N-dealkylation sites (tertiary alicyclic amines) is 3. The number of tetrazole rings is 1. The highest BCUT2D eigenvalue weighted by Crippen LogP contribution is 2.44. The van der Waals surface area contributed by atoms with E-state index in [0.717, 1.165) is 37.8 Å². The molecule has 11 heteroatoms. The average molecular weight is 462 g/mol. The van der Waals surface area contributed by atoms with E-state index in [1.54, 1.807) is 4.90 Å². The van der Waals surface area contributed by atoms with Gasteiger partial charge in [-0.05, 0) is 54.5 Å². The molecule has 176 valence electrons. The molecule has 0 spiro atoms. The fourth-order valence-corrected chi connectivity index (χ4v) is 6.32. The van der Waals surface area contributed by atoms with Gasteiger partial charge in [-0.25, -0.2) is 0 Å². The van der Waals surface area contributed by atoms with Gasteiger partial charge in [0.2, 0.25) is 17.6 Å². The van der Waals surface area contributed by atoms with Gasteiger partial charge in [0, 0.05) is 31.2 Å². The van der Waals surface area contributed by atoms with Crippen LogP contribution >= 0.6 is 0 Å². The van der Waals surface area contributed by atoms with Crippen LogP contribution in [0.3, 0.4) is 0 Å². The van der Waals surface area contributed by atoms with Crippen molar-refractivity contribution in [1.82, 2.24) is 35.3 Å². The number of piperazine rings is 1. The maximum atomic E-state index is 13.4. The van der Waals surface area contributed by atoms with Gasteiger partial charge < -0.3 is 15.5 Å². The molecule has 34 heavy (non-hydrogen) atoms. The van der Waals surface area contributed by atoms with E-state index in [4.69, 9.17) is 5.73 Å². The number of carbonyl (C=O) groups is 2. The molecule has 6 rings (SSSR count). The fourth-order valence-electron chi connectivity index (χ4n) is 6.32. The van der Waals surface area contributed by atoms with Crippen molar-refractivity contribution in [3.8, 4) is 17.5 Å². The van der Waals surface area contributed by atoms with Gasteiger partial charge in [-0.3, -0.25) is 14.5 Å². The summed E-state index contributed by atoms with van der Waals surface area (Å²) in [5.74, 6) is 0.518.